The lowest BCUT2D eigenvalue weighted by Crippen LogP contribution is -2.23. The molecule has 0 aromatic carbocycles. The van der Waals surface area contributed by atoms with Gasteiger partial charge in [-0.05, 0) is 6.92 Å². The van der Waals surface area contributed by atoms with Crippen molar-refractivity contribution in [1.29, 1.82) is 5.26 Å². The van der Waals surface area contributed by atoms with Crippen LogP contribution in [0, 0.1) is 18.3 Å². The predicted octanol–water partition coefficient (Wildman–Crippen LogP) is 1.44. The molecular formula is C10H11ClN6. The summed E-state index contributed by atoms with van der Waals surface area (Å²) in [6, 6.07) is 2.11. The van der Waals surface area contributed by atoms with E-state index in [0.717, 1.165) is 11.4 Å². The van der Waals surface area contributed by atoms with E-state index in [0.29, 0.717) is 23.9 Å². The number of nitriles is 1. The van der Waals surface area contributed by atoms with Crippen LogP contribution in [0.2, 0.25) is 5.15 Å². The monoisotopic (exact) mass is 250 g/mol. The third-order valence-electron chi connectivity index (χ3n) is 2.49. The number of rotatable bonds is 3. The van der Waals surface area contributed by atoms with E-state index < -0.39 is 0 Å². The Morgan fingerprint density at radius 2 is 2.35 bits per heavy atom. The van der Waals surface area contributed by atoms with Crippen LogP contribution in [0.3, 0.4) is 0 Å². The molecule has 0 spiro atoms. The van der Waals surface area contributed by atoms with Crippen LogP contribution in [0.25, 0.3) is 5.78 Å². The Labute approximate surface area is 103 Å². The molecule has 0 aliphatic rings. The molecule has 88 valence electrons. The van der Waals surface area contributed by atoms with Gasteiger partial charge in [0.2, 0.25) is 0 Å². The Morgan fingerprint density at radius 3 is 3.06 bits per heavy atom. The molecule has 7 heteroatoms. The van der Waals surface area contributed by atoms with Crippen LogP contribution in [0.1, 0.15) is 12.0 Å². The topological polar surface area (TPSA) is 70.1 Å². The number of anilines is 1. The highest BCUT2D eigenvalue weighted by Gasteiger charge is 2.15. The minimum atomic E-state index is 0.407. The minimum absolute atomic E-state index is 0.407. The van der Waals surface area contributed by atoms with E-state index in [1.54, 1.807) is 4.52 Å². The first-order valence-electron chi connectivity index (χ1n) is 5.09. The Balaban J connectivity index is 2.54. The molecule has 0 aliphatic heterocycles. The third kappa shape index (κ3) is 2.01. The fourth-order valence-electron chi connectivity index (χ4n) is 1.66. The maximum absolute atomic E-state index is 8.61. The quantitative estimate of drug-likeness (QED) is 0.771. The second-order valence-corrected chi connectivity index (χ2v) is 4.01. The lowest BCUT2D eigenvalue weighted by atomic mass is 10.3. The van der Waals surface area contributed by atoms with Gasteiger partial charge in [-0.1, -0.05) is 11.6 Å². The molecule has 2 aromatic rings. The van der Waals surface area contributed by atoms with E-state index >= 15 is 0 Å². The highest BCUT2D eigenvalue weighted by Crippen LogP contribution is 2.24. The molecule has 0 unspecified atom stereocenters. The summed E-state index contributed by atoms with van der Waals surface area (Å²) in [5.41, 5.74) is 0.824. The van der Waals surface area contributed by atoms with Gasteiger partial charge < -0.3 is 4.90 Å². The van der Waals surface area contributed by atoms with Crippen molar-refractivity contribution in [3.8, 4) is 6.07 Å². The van der Waals surface area contributed by atoms with Gasteiger partial charge in [0.25, 0.3) is 5.78 Å². The maximum Gasteiger partial charge on any atom is 0.255 e. The average molecular weight is 251 g/mol. The molecule has 0 bridgehead atoms. The highest BCUT2D eigenvalue weighted by atomic mass is 35.5. The highest BCUT2D eigenvalue weighted by molar-refractivity contribution is 6.30. The van der Waals surface area contributed by atoms with E-state index in [-0.39, 0.29) is 0 Å². The fourth-order valence-corrected chi connectivity index (χ4v) is 1.82. The van der Waals surface area contributed by atoms with Crippen molar-refractivity contribution < 1.29 is 0 Å². The number of aromatic nitrogens is 4. The standard InChI is InChI=1S/C10H11ClN6/c1-7-8(11)15-10-13-6-14-17(10)9(7)16(2)5-3-4-12/h6H,3,5H2,1-2H3. The number of hydrogen-bond donors (Lipinski definition) is 0. The first-order valence-corrected chi connectivity index (χ1v) is 5.47. The van der Waals surface area contributed by atoms with Crippen LogP contribution < -0.4 is 4.90 Å². The van der Waals surface area contributed by atoms with Crippen molar-refractivity contribution in [1.82, 2.24) is 19.6 Å². The van der Waals surface area contributed by atoms with Crippen molar-refractivity contribution in [2.24, 2.45) is 0 Å². The summed E-state index contributed by atoms with van der Waals surface area (Å²) in [6.07, 6.45) is 1.87. The molecule has 0 atom stereocenters. The van der Waals surface area contributed by atoms with E-state index in [9.17, 15) is 0 Å². The Bertz CT molecular complexity index is 584. The smallest absolute Gasteiger partial charge is 0.255 e. The van der Waals surface area contributed by atoms with Crippen molar-refractivity contribution in [3.63, 3.8) is 0 Å². The van der Waals surface area contributed by atoms with Crippen molar-refractivity contribution in [3.05, 3.63) is 17.0 Å². The zero-order valence-corrected chi connectivity index (χ0v) is 10.3. The van der Waals surface area contributed by atoms with Crippen LogP contribution in [0.5, 0.6) is 0 Å². The lowest BCUT2D eigenvalue weighted by Gasteiger charge is -2.20. The van der Waals surface area contributed by atoms with E-state index in [4.69, 9.17) is 16.9 Å². The molecule has 0 amide bonds. The van der Waals surface area contributed by atoms with Crippen LogP contribution in [0.4, 0.5) is 5.82 Å². The summed E-state index contributed by atoms with van der Waals surface area (Å²) in [5.74, 6) is 1.27. The zero-order chi connectivity index (χ0) is 12.4. The summed E-state index contributed by atoms with van der Waals surface area (Å²) in [4.78, 5) is 10.1. The molecular weight excluding hydrogens is 240 g/mol. The Morgan fingerprint density at radius 1 is 1.59 bits per heavy atom. The van der Waals surface area contributed by atoms with Crippen molar-refractivity contribution >= 4 is 23.2 Å². The van der Waals surface area contributed by atoms with Crippen LogP contribution in [0.15, 0.2) is 6.33 Å². The molecule has 2 rings (SSSR count). The molecule has 0 saturated heterocycles. The first kappa shape index (κ1) is 11.6. The van der Waals surface area contributed by atoms with Gasteiger partial charge in [0.1, 0.15) is 17.3 Å². The second kappa shape index (κ2) is 4.55. The van der Waals surface area contributed by atoms with E-state index in [1.807, 2.05) is 18.9 Å². The third-order valence-corrected chi connectivity index (χ3v) is 2.86. The summed E-state index contributed by atoms with van der Waals surface area (Å²) in [7, 11) is 1.89. The molecule has 0 radical (unpaired) electrons. The van der Waals surface area contributed by atoms with Crippen LogP contribution in [-0.4, -0.2) is 33.2 Å². The predicted molar refractivity (Wildman–Crippen MR) is 64.0 cm³/mol. The molecule has 2 aromatic heterocycles. The summed E-state index contributed by atoms with van der Waals surface area (Å²) >= 11 is 6.04. The van der Waals surface area contributed by atoms with Gasteiger partial charge >= 0.3 is 0 Å². The fraction of sp³-hybridized carbons (Fsp3) is 0.400. The summed E-state index contributed by atoms with van der Waals surface area (Å²) in [6.45, 7) is 2.47. The lowest BCUT2D eigenvalue weighted by molar-refractivity contribution is 0.821. The van der Waals surface area contributed by atoms with Gasteiger partial charge in [-0.25, -0.2) is 0 Å². The summed E-state index contributed by atoms with van der Waals surface area (Å²) < 4.78 is 1.62. The molecule has 0 saturated carbocycles. The number of nitrogens with zero attached hydrogens (tertiary/aromatic N) is 6. The molecule has 6 nitrogen and oxygen atoms in total. The Kier molecular flexibility index (Phi) is 3.11. The number of hydrogen-bond acceptors (Lipinski definition) is 5. The van der Waals surface area contributed by atoms with E-state index in [1.165, 1.54) is 6.33 Å². The first-order chi connectivity index (χ1) is 8.15. The maximum atomic E-state index is 8.61. The van der Waals surface area contributed by atoms with Crippen molar-refractivity contribution in [2.45, 2.75) is 13.3 Å². The summed E-state index contributed by atoms with van der Waals surface area (Å²) in [5, 5.41) is 13.1. The Hall–Kier alpha value is -1.87. The number of halogens is 1. The van der Waals surface area contributed by atoms with Gasteiger partial charge in [-0.2, -0.15) is 24.8 Å². The van der Waals surface area contributed by atoms with Gasteiger partial charge in [-0.15, -0.1) is 0 Å². The second-order valence-electron chi connectivity index (χ2n) is 3.65. The zero-order valence-electron chi connectivity index (χ0n) is 9.55. The molecule has 17 heavy (non-hydrogen) atoms. The van der Waals surface area contributed by atoms with Gasteiger partial charge in [-0.3, -0.25) is 0 Å². The molecule has 0 aliphatic carbocycles. The number of fused-ring (bicyclic) bond motifs is 1. The molecule has 0 fully saturated rings. The normalized spacial score (nSPS) is 10.5. The van der Waals surface area contributed by atoms with Crippen molar-refractivity contribution in [2.75, 3.05) is 18.5 Å². The molecule has 2 heterocycles. The minimum Gasteiger partial charge on any atom is -0.358 e. The van der Waals surface area contributed by atoms with Gasteiger partial charge in [0, 0.05) is 19.2 Å². The largest absolute Gasteiger partial charge is 0.358 e. The van der Waals surface area contributed by atoms with E-state index in [2.05, 4.69) is 21.1 Å². The van der Waals surface area contributed by atoms with Crippen LogP contribution in [-0.2, 0) is 0 Å². The average Bonchev–Trinajstić information content (AvgIpc) is 2.74. The molecule has 0 N–H and O–H groups in total. The van der Waals surface area contributed by atoms with Gasteiger partial charge in [0.05, 0.1) is 12.5 Å². The van der Waals surface area contributed by atoms with Gasteiger partial charge in [0.15, 0.2) is 0 Å². The SMILES string of the molecule is Cc1c(Cl)nc2ncnn2c1N(C)CCC#N. The van der Waals surface area contributed by atoms with Crippen LogP contribution >= 0.6 is 11.6 Å².